The number of urea groups is 1. The minimum absolute atomic E-state index is 0.0521. The quantitative estimate of drug-likeness (QED) is 0.324. The van der Waals surface area contributed by atoms with Crippen molar-refractivity contribution in [2.45, 2.75) is 19.4 Å². The summed E-state index contributed by atoms with van der Waals surface area (Å²) in [5, 5.41) is 3.68. The zero-order valence-electron chi connectivity index (χ0n) is 23.2. The van der Waals surface area contributed by atoms with Crippen molar-refractivity contribution in [2.24, 2.45) is 0 Å². The summed E-state index contributed by atoms with van der Waals surface area (Å²) < 4.78 is 10.7. The molecule has 4 rings (SSSR count). The van der Waals surface area contributed by atoms with Crippen LogP contribution in [-0.4, -0.2) is 85.6 Å². The van der Waals surface area contributed by atoms with Gasteiger partial charge in [0, 0.05) is 60.6 Å². The first-order chi connectivity index (χ1) is 19.8. The van der Waals surface area contributed by atoms with Gasteiger partial charge in [-0.25, -0.2) is 9.59 Å². The number of esters is 1. The van der Waals surface area contributed by atoms with Gasteiger partial charge in [-0.3, -0.25) is 14.6 Å². The first-order valence-corrected chi connectivity index (χ1v) is 14.2. The van der Waals surface area contributed by atoms with Crippen LogP contribution in [0, 0.1) is 0 Å². The molecule has 2 aromatic rings. The van der Waals surface area contributed by atoms with Crippen molar-refractivity contribution in [2.75, 3.05) is 53.0 Å². The lowest BCUT2D eigenvalue weighted by Crippen LogP contribution is -2.51. The molecule has 0 radical (unpaired) electrons. The van der Waals surface area contributed by atoms with Gasteiger partial charge in [0.15, 0.2) is 0 Å². The van der Waals surface area contributed by atoms with E-state index >= 15 is 0 Å². The summed E-state index contributed by atoms with van der Waals surface area (Å²) in [6, 6.07) is 10.8. The molecule has 3 amide bonds. The Hall–Kier alpha value is -3.53. The van der Waals surface area contributed by atoms with Gasteiger partial charge >= 0.3 is 12.0 Å². The fraction of sp³-hybridized carbons (Fsp3) is 0.367. The van der Waals surface area contributed by atoms with E-state index in [1.54, 1.807) is 62.6 Å². The summed E-state index contributed by atoms with van der Waals surface area (Å²) in [5.74, 6) is 0.0930. The number of nitrogens with zero attached hydrogens (tertiary/aromatic N) is 3. The summed E-state index contributed by atoms with van der Waals surface area (Å²) in [4.78, 5) is 45.5. The van der Waals surface area contributed by atoms with Crippen LogP contribution >= 0.6 is 23.2 Å². The number of benzene rings is 2. The maximum Gasteiger partial charge on any atom is 0.338 e. The Morgan fingerprint density at radius 2 is 1.85 bits per heavy atom. The third kappa shape index (κ3) is 7.04. The van der Waals surface area contributed by atoms with E-state index in [1.807, 2.05) is 4.90 Å². The number of amides is 3. The van der Waals surface area contributed by atoms with Crippen LogP contribution in [0.15, 0.2) is 66.4 Å². The predicted octanol–water partition coefficient (Wildman–Crippen LogP) is 4.92. The summed E-state index contributed by atoms with van der Waals surface area (Å²) in [5.41, 5.74) is 1.94. The number of carbonyl (C=O) groups is 3. The van der Waals surface area contributed by atoms with Crippen molar-refractivity contribution in [3.8, 4) is 5.75 Å². The number of carbonyl (C=O) groups excluding carboxylic acids is 3. The molecule has 1 saturated heterocycles. The largest absolute Gasteiger partial charge is 0.497 e. The van der Waals surface area contributed by atoms with Gasteiger partial charge in [0.2, 0.25) is 0 Å². The van der Waals surface area contributed by atoms with Gasteiger partial charge in [0.1, 0.15) is 5.75 Å². The topological polar surface area (TPSA) is 91.4 Å². The molecule has 218 valence electrons. The fourth-order valence-electron chi connectivity index (χ4n) is 5.07. The lowest BCUT2D eigenvalue weighted by atomic mass is 9.94. The SMILES string of the molecule is C=CCN1C(=O)NC(c2ccc(Cl)cc2Cl)C(C(=O)OCC)=C1CN1CCCN(C(=O)c2ccc(OC)cc2)CC1. The molecule has 9 nitrogen and oxygen atoms in total. The first kappa shape index (κ1) is 30.4. The highest BCUT2D eigenvalue weighted by molar-refractivity contribution is 6.35. The van der Waals surface area contributed by atoms with Crippen LogP contribution in [0.4, 0.5) is 4.79 Å². The van der Waals surface area contributed by atoms with Crippen molar-refractivity contribution in [3.05, 3.63) is 87.6 Å². The lowest BCUT2D eigenvalue weighted by Gasteiger charge is -2.38. The van der Waals surface area contributed by atoms with E-state index < -0.39 is 12.0 Å². The van der Waals surface area contributed by atoms with E-state index in [2.05, 4.69) is 16.8 Å². The Balaban J connectivity index is 1.64. The van der Waals surface area contributed by atoms with Crippen LogP contribution in [0.5, 0.6) is 5.75 Å². The van der Waals surface area contributed by atoms with Crippen molar-refractivity contribution in [1.29, 1.82) is 0 Å². The molecule has 1 N–H and O–H groups in total. The van der Waals surface area contributed by atoms with Gasteiger partial charge in [-0.15, -0.1) is 6.58 Å². The number of ether oxygens (including phenoxy) is 2. The Bertz CT molecular complexity index is 1330. The molecule has 2 aliphatic heterocycles. The lowest BCUT2D eigenvalue weighted by molar-refractivity contribution is -0.139. The van der Waals surface area contributed by atoms with Crippen LogP contribution in [0.3, 0.4) is 0 Å². The Kier molecular flexibility index (Phi) is 10.3. The third-order valence-corrected chi connectivity index (χ3v) is 7.67. The van der Waals surface area contributed by atoms with Gasteiger partial charge in [0.05, 0.1) is 25.3 Å². The Morgan fingerprint density at radius 1 is 1.10 bits per heavy atom. The van der Waals surface area contributed by atoms with E-state index in [1.165, 1.54) is 4.90 Å². The fourth-order valence-corrected chi connectivity index (χ4v) is 5.59. The molecule has 11 heteroatoms. The van der Waals surface area contributed by atoms with Crippen molar-refractivity contribution in [3.63, 3.8) is 0 Å². The first-order valence-electron chi connectivity index (χ1n) is 13.5. The average molecular weight is 602 g/mol. The summed E-state index contributed by atoms with van der Waals surface area (Å²) in [6.07, 6.45) is 2.33. The number of methoxy groups -OCH3 is 1. The van der Waals surface area contributed by atoms with Crippen molar-refractivity contribution < 1.29 is 23.9 Å². The minimum atomic E-state index is -0.831. The van der Waals surface area contributed by atoms with Crippen molar-refractivity contribution >= 4 is 41.1 Å². The molecular formula is C30H34Cl2N4O5. The maximum atomic E-state index is 13.4. The van der Waals surface area contributed by atoms with Crippen LogP contribution in [-0.2, 0) is 9.53 Å². The summed E-state index contributed by atoms with van der Waals surface area (Å²) in [6.45, 7) is 8.49. The maximum absolute atomic E-state index is 13.4. The number of rotatable bonds is 9. The monoisotopic (exact) mass is 600 g/mol. The van der Waals surface area contributed by atoms with Gasteiger partial charge in [0.25, 0.3) is 5.91 Å². The summed E-state index contributed by atoms with van der Waals surface area (Å²) in [7, 11) is 1.58. The van der Waals surface area contributed by atoms with E-state index in [9.17, 15) is 14.4 Å². The highest BCUT2D eigenvalue weighted by Gasteiger charge is 2.39. The minimum Gasteiger partial charge on any atom is -0.497 e. The predicted molar refractivity (Wildman–Crippen MR) is 158 cm³/mol. The second kappa shape index (κ2) is 13.9. The molecule has 0 spiro atoms. The second-order valence-corrected chi connectivity index (χ2v) is 10.5. The van der Waals surface area contributed by atoms with Crippen LogP contribution in [0.2, 0.25) is 10.0 Å². The molecule has 0 saturated carbocycles. The zero-order valence-corrected chi connectivity index (χ0v) is 24.7. The molecule has 1 fully saturated rings. The van der Waals surface area contributed by atoms with Gasteiger partial charge in [-0.05, 0) is 55.3 Å². The van der Waals surface area contributed by atoms with E-state index in [0.29, 0.717) is 70.9 Å². The standard InChI is InChI=1S/C30H34Cl2N4O5/c1-4-13-36-25(19-34-14-6-15-35(17-16-34)28(37)20-7-10-22(40-3)11-8-20)26(29(38)41-5-2)27(33-30(36)39)23-12-9-21(31)18-24(23)32/h4,7-12,18,27H,1,5-6,13-17,19H2,2-3H3,(H,33,39). The average Bonchev–Trinajstić information content (AvgIpc) is 3.20. The van der Waals surface area contributed by atoms with Gasteiger partial charge < -0.3 is 19.7 Å². The van der Waals surface area contributed by atoms with Gasteiger partial charge in [-0.2, -0.15) is 0 Å². The third-order valence-electron chi connectivity index (χ3n) is 7.10. The highest BCUT2D eigenvalue weighted by Crippen LogP contribution is 2.36. The number of hydrogen-bond acceptors (Lipinski definition) is 6. The van der Waals surface area contributed by atoms with Crippen LogP contribution in [0.1, 0.15) is 35.3 Å². The van der Waals surface area contributed by atoms with E-state index in [-0.39, 0.29) is 25.1 Å². The van der Waals surface area contributed by atoms with Crippen LogP contribution in [0.25, 0.3) is 0 Å². The van der Waals surface area contributed by atoms with E-state index in [4.69, 9.17) is 32.7 Å². The summed E-state index contributed by atoms with van der Waals surface area (Å²) >= 11 is 12.7. The molecule has 0 bridgehead atoms. The normalized spacial score (nSPS) is 18.0. The molecular weight excluding hydrogens is 567 g/mol. The molecule has 1 unspecified atom stereocenters. The number of hydrogen-bond donors (Lipinski definition) is 1. The highest BCUT2D eigenvalue weighted by atomic mass is 35.5. The molecule has 0 aliphatic carbocycles. The second-order valence-electron chi connectivity index (χ2n) is 9.68. The van der Waals surface area contributed by atoms with Crippen molar-refractivity contribution in [1.82, 2.24) is 20.0 Å². The van der Waals surface area contributed by atoms with Crippen LogP contribution < -0.4 is 10.1 Å². The number of nitrogens with one attached hydrogen (secondary N) is 1. The molecule has 0 aromatic heterocycles. The number of halogens is 2. The Morgan fingerprint density at radius 3 is 2.51 bits per heavy atom. The molecule has 2 aromatic carbocycles. The molecule has 2 heterocycles. The zero-order chi connectivity index (χ0) is 29.5. The van der Waals surface area contributed by atoms with E-state index in [0.717, 1.165) is 6.42 Å². The molecule has 2 aliphatic rings. The Labute approximate surface area is 250 Å². The van der Waals surface area contributed by atoms with Gasteiger partial charge in [-0.1, -0.05) is 35.3 Å². The smallest absolute Gasteiger partial charge is 0.338 e. The molecule has 41 heavy (non-hydrogen) atoms. The molecule has 1 atom stereocenters.